The van der Waals surface area contributed by atoms with E-state index in [-0.39, 0.29) is 0 Å². The van der Waals surface area contributed by atoms with Crippen LogP contribution < -0.4 is 0 Å². The Morgan fingerprint density at radius 1 is 0.203 bits per heavy atom. The summed E-state index contributed by atoms with van der Waals surface area (Å²) >= 11 is 0. The Labute approximate surface area is 370 Å². The highest BCUT2D eigenvalue weighted by molar-refractivity contribution is 6.29. The summed E-state index contributed by atoms with van der Waals surface area (Å²) in [5.41, 5.74) is 12.5. The number of rotatable bonds is 4. The molecular weight excluding hydrogens is 773 g/mol. The van der Waals surface area contributed by atoms with Gasteiger partial charge in [-0.2, -0.15) is 0 Å². The summed E-state index contributed by atoms with van der Waals surface area (Å²) in [6.45, 7) is 0. The number of benzene rings is 12. The SMILES string of the molecule is c1ccc2cc(-c3cccc4c(/C5=N/c6cc7ccccc7cc6/C(c6cccc7c(-c8ccc9ccccc9c8)cccc67)=N\c6cc7ccccc7cc65)cccc34)ccc2c1. The van der Waals surface area contributed by atoms with Gasteiger partial charge >= 0.3 is 0 Å². The molecule has 0 bridgehead atoms. The molecule has 13 rings (SSSR count). The Hall–Kier alpha value is -8.46. The summed E-state index contributed by atoms with van der Waals surface area (Å²) < 4.78 is 0. The van der Waals surface area contributed by atoms with Gasteiger partial charge in [-0.25, -0.2) is 9.98 Å². The van der Waals surface area contributed by atoms with E-state index in [1.807, 2.05) is 0 Å². The predicted octanol–water partition coefficient (Wildman–Crippen LogP) is 16.6. The normalized spacial score (nSPS) is 14.2. The molecule has 1 heterocycles. The van der Waals surface area contributed by atoms with Crippen LogP contribution in [0.5, 0.6) is 0 Å². The van der Waals surface area contributed by atoms with E-state index >= 15 is 0 Å². The standard InChI is InChI=1S/C62H38N2/c1-3-15-41-33-47(31-29-39(41)13-1)49-21-9-25-53-51(49)23-11-27-55(53)61-57-35-43-17-5-7-19-45(43)37-59(57)64-62(58-36-44-18-6-8-20-46(44)38-60(58)63-61)56-28-12-24-52-50(22-10-26-54(52)56)48-32-30-40-14-2-4-16-42(40)34-48/h1-38H/b61-57?,62-58?,63-60?,63-61-,64-59?,64-62-. The fraction of sp³-hybridized carbons (Fsp3) is 0. The van der Waals surface area contributed by atoms with E-state index in [1.54, 1.807) is 0 Å². The molecule has 0 aliphatic carbocycles. The molecule has 0 radical (unpaired) electrons. The van der Waals surface area contributed by atoms with Crippen LogP contribution in [0.4, 0.5) is 11.4 Å². The van der Waals surface area contributed by atoms with Crippen LogP contribution in [0.15, 0.2) is 241 Å². The lowest BCUT2D eigenvalue weighted by Crippen LogP contribution is -2.11. The maximum Gasteiger partial charge on any atom is 0.0809 e. The zero-order valence-electron chi connectivity index (χ0n) is 34.8. The second-order valence-corrected chi connectivity index (χ2v) is 16.9. The van der Waals surface area contributed by atoms with E-state index in [0.717, 1.165) is 77.4 Å². The molecule has 0 unspecified atom stereocenters. The molecule has 1 aliphatic heterocycles. The van der Waals surface area contributed by atoms with Crippen LogP contribution in [-0.2, 0) is 0 Å². The van der Waals surface area contributed by atoms with E-state index in [2.05, 4.69) is 231 Å². The Kier molecular flexibility index (Phi) is 8.25. The first kappa shape index (κ1) is 36.2. The van der Waals surface area contributed by atoms with Gasteiger partial charge in [0.05, 0.1) is 22.8 Å². The molecule has 0 N–H and O–H groups in total. The molecule has 0 aromatic heterocycles. The molecule has 0 atom stereocenters. The fourth-order valence-electron chi connectivity index (χ4n) is 10.0. The first-order valence-electron chi connectivity index (χ1n) is 22.0. The van der Waals surface area contributed by atoms with Gasteiger partial charge in [-0.3, -0.25) is 0 Å². The maximum atomic E-state index is 5.85. The minimum atomic E-state index is 0.886. The number of hydrogen-bond donors (Lipinski definition) is 0. The minimum absolute atomic E-state index is 0.886. The van der Waals surface area contributed by atoms with Crippen LogP contribution in [-0.4, -0.2) is 11.4 Å². The first-order chi connectivity index (χ1) is 31.7. The van der Waals surface area contributed by atoms with Crippen molar-refractivity contribution in [2.24, 2.45) is 9.98 Å². The van der Waals surface area contributed by atoms with Gasteiger partial charge in [0.25, 0.3) is 0 Å². The second kappa shape index (κ2) is 14.6. The summed E-state index contributed by atoms with van der Waals surface area (Å²) in [4.78, 5) is 11.7. The molecule has 0 amide bonds. The highest BCUT2D eigenvalue weighted by Crippen LogP contribution is 2.42. The lowest BCUT2D eigenvalue weighted by molar-refractivity contribution is 1.42. The molecule has 0 saturated carbocycles. The minimum Gasteiger partial charge on any atom is -0.247 e. The van der Waals surface area contributed by atoms with Crippen molar-refractivity contribution < 1.29 is 0 Å². The predicted molar refractivity (Wildman–Crippen MR) is 272 cm³/mol. The quantitative estimate of drug-likeness (QED) is 0.169. The Morgan fingerprint density at radius 2 is 0.516 bits per heavy atom. The third-order valence-corrected chi connectivity index (χ3v) is 13.2. The molecule has 64 heavy (non-hydrogen) atoms. The van der Waals surface area contributed by atoms with Crippen LogP contribution in [0, 0.1) is 0 Å². The Bertz CT molecular complexity index is 3700. The molecule has 2 nitrogen and oxygen atoms in total. The smallest absolute Gasteiger partial charge is 0.0809 e. The summed E-state index contributed by atoms with van der Waals surface area (Å²) in [5, 5.41) is 14.2. The summed E-state index contributed by atoms with van der Waals surface area (Å²) in [6.07, 6.45) is 0. The van der Waals surface area contributed by atoms with Crippen molar-refractivity contribution in [3.63, 3.8) is 0 Å². The lowest BCUT2D eigenvalue weighted by atomic mass is 9.88. The van der Waals surface area contributed by atoms with Gasteiger partial charge < -0.3 is 0 Å². The highest BCUT2D eigenvalue weighted by atomic mass is 14.8. The average Bonchev–Trinajstić information content (AvgIpc) is 3.35. The molecule has 0 spiro atoms. The zero-order chi connectivity index (χ0) is 42.1. The fourth-order valence-corrected chi connectivity index (χ4v) is 10.0. The van der Waals surface area contributed by atoms with Gasteiger partial charge in [-0.05, 0) is 123 Å². The molecule has 296 valence electrons. The number of nitrogens with zero attached hydrogens (tertiary/aromatic N) is 2. The number of hydrogen-bond acceptors (Lipinski definition) is 2. The topological polar surface area (TPSA) is 24.7 Å². The molecule has 12 aromatic carbocycles. The van der Waals surface area contributed by atoms with Gasteiger partial charge in [-0.1, -0.05) is 194 Å². The maximum absolute atomic E-state index is 5.85. The van der Waals surface area contributed by atoms with Crippen molar-refractivity contribution in [1.29, 1.82) is 0 Å². The van der Waals surface area contributed by atoms with Crippen molar-refractivity contribution in [2.45, 2.75) is 0 Å². The lowest BCUT2D eigenvalue weighted by Gasteiger charge is -2.21. The number of fused-ring (bicyclic) bond motifs is 8. The largest absolute Gasteiger partial charge is 0.247 e. The van der Waals surface area contributed by atoms with Gasteiger partial charge in [0.15, 0.2) is 0 Å². The third-order valence-electron chi connectivity index (χ3n) is 13.2. The highest BCUT2D eigenvalue weighted by Gasteiger charge is 2.24. The van der Waals surface area contributed by atoms with Gasteiger partial charge in [0.2, 0.25) is 0 Å². The van der Waals surface area contributed by atoms with Crippen molar-refractivity contribution >= 4 is 87.4 Å². The van der Waals surface area contributed by atoms with Crippen molar-refractivity contribution in [2.75, 3.05) is 0 Å². The molecule has 2 heteroatoms. The van der Waals surface area contributed by atoms with Crippen LogP contribution >= 0.6 is 0 Å². The molecule has 0 saturated heterocycles. The van der Waals surface area contributed by atoms with E-state index in [4.69, 9.17) is 9.98 Å². The zero-order valence-corrected chi connectivity index (χ0v) is 34.8. The third kappa shape index (κ3) is 5.95. The van der Waals surface area contributed by atoms with E-state index in [0.29, 0.717) is 0 Å². The first-order valence-corrected chi connectivity index (χ1v) is 22.0. The van der Waals surface area contributed by atoms with Gasteiger partial charge in [-0.15, -0.1) is 0 Å². The molecular formula is C62H38N2. The van der Waals surface area contributed by atoms with Crippen LogP contribution in [0.1, 0.15) is 22.3 Å². The molecule has 1 aliphatic rings. The summed E-state index contributed by atoms with van der Waals surface area (Å²) in [7, 11) is 0. The Morgan fingerprint density at radius 3 is 0.906 bits per heavy atom. The summed E-state index contributed by atoms with van der Waals surface area (Å²) in [5.74, 6) is 0. The van der Waals surface area contributed by atoms with Crippen LogP contribution in [0.3, 0.4) is 0 Å². The van der Waals surface area contributed by atoms with E-state index in [9.17, 15) is 0 Å². The second-order valence-electron chi connectivity index (χ2n) is 16.9. The monoisotopic (exact) mass is 810 g/mol. The molecule has 0 fully saturated rings. The van der Waals surface area contributed by atoms with Gasteiger partial charge in [0.1, 0.15) is 0 Å². The van der Waals surface area contributed by atoms with Crippen molar-refractivity contribution in [1.82, 2.24) is 0 Å². The average molecular weight is 811 g/mol. The van der Waals surface area contributed by atoms with E-state index < -0.39 is 0 Å². The molecule has 12 aromatic rings. The van der Waals surface area contributed by atoms with Gasteiger partial charge in [0, 0.05) is 22.3 Å². The van der Waals surface area contributed by atoms with Crippen LogP contribution in [0.2, 0.25) is 0 Å². The van der Waals surface area contributed by atoms with Crippen LogP contribution in [0.25, 0.3) is 86.9 Å². The van der Waals surface area contributed by atoms with Crippen molar-refractivity contribution in [3.8, 4) is 22.3 Å². The van der Waals surface area contributed by atoms with Crippen molar-refractivity contribution in [3.05, 3.63) is 253 Å². The summed E-state index contributed by atoms with van der Waals surface area (Å²) in [6, 6.07) is 83.7. The Balaban J connectivity index is 1.08. The number of aliphatic imine (C=N–C) groups is 2. The van der Waals surface area contributed by atoms with E-state index in [1.165, 1.54) is 54.6 Å².